The first-order valence-corrected chi connectivity index (χ1v) is 10.6. The van der Waals surface area contributed by atoms with Crippen LogP contribution in [-0.2, 0) is 19.3 Å². The van der Waals surface area contributed by atoms with Crippen molar-refractivity contribution in [2.24, 2.45) is 0 Å². The minimum Gasteiger partial charge on any atom is -0.492 e. The number of benzene rings is 2. The number of para-hydroxylation sites is 1. The molecular weight excluding hydrogens is 372 g/mol. The molecular formula is C26H30N2O2. The SMILES string of the molecule is CCc1cccc(CC)c1NC(=O)c1c(OCCc2ccccc2)cc(C)nc1C. The van der Waals surface area contributed by atoms with Gasteiger partial charge in [-0.1, -0.05) is 62.4 Å². The molecule has 0 radical (unpaired) electrons. The Balaban J connectivity index is 1.85. The Bertz CT molecular complexity index is 991. The van der Waals surface area contributed by atoms with Gasteiger partial charge in [-0.25, -0.2) is 0 Å². The van der Waals surface area contributed by atoms with Gasteiger partial charge in [-0.3, -0.25) is 9.78 Å². The maximum atomic E-state index is 13.3. The number of carbonyl (C=O) groups excluding carboxylic acids is 1. The van der Waals surface area contributed by atoms with E-state index in [2.05, 4.69) is 48.4 Å². The number of aromatic nitrogens is 1. The number of ether oxygens (including phenoxy) is 1. The Kier molecular flexibility index (Phi) is 7.23. The van der Waals surface area contributed by atoms with E-state index in [-0.39, 0.29) is 5.91 Å². The highest BCUT2D eigenvalue weighted by molar-refractivity contribution is 6.07. The van der Waals surface area contributed by atoms with Crippen LogP contribution in [0.2, 0.25) is 0 Å². The number of anilines is 1. The van der Waals surface area contributed by atoms with Gasteiger partial charge in [0.25, 0.3) is 5.91 Å². The Morgan fingerprint density at radius 2 is 1.63 bits per heavy atom. The van der Waals surface area contributed by atoms with E-state index in [1.807, 2.05) is 44.2 Å². The lowest BCUT2D eigenvalue weighted by molar-refractivity contribution is 0.102. The van der Waals surface area contributed by atoms with Gasteiger partial charge in [0.2, 0.25) is 0 Å². The summed E-state index contributed by atoms with van der Waals surface area (Å²) in [6.07, 6.45) is 2.49. The van der Waals surface area contributed by atoms with Gasteiger partial charge in [-0.05, 0) is 43.4 Å². The van der Waals surface area contributed by atoms with Gasteiger partial charge in [0, 0.05) is 23.9 Å². The smallest absolute Gasteiger partial charge is 0.261 e. The Morgan fingerprint density at radius 3 is 2.27 bits per heavy atom. The fraction of sp³-hybridized carbons (Fsp3) is 0.308. The van der Waals surface area contributed by atoms with Gasteiger partial charge in [0.15, 0.2) is 0 Å². The van der Waals surface area contributed by atoms with Crippen molar-refractivity contribution in [3.8, 4) is 5.75 Å². The topological polar surface area (TPSA) is 51.2 Å². The minimum atomic E-state index is -0.176. The van der Waals surface area contributed by atoms with Crippen LogP contribution in [0.25, 0.3) is 0 Å². The second-order valence-corrected chi connectivity index (χ2v) is 7.42. The molecule has 0 aliphatic rings. The summed E-state index contributed by atoms with van der Waals surface area (Å²) in [6.45, 7) is 8.47. The van der Waals surface area contributed by atoms with Crippen LogP contribution in [0.4, 0.5) is 5.69 Å². The van der Waals surface area contributed by atoms with E-state index in [4.69, 9.17) is 4.74 Å². The van der Waals surface area contributed by atoms with Gasteiger partial charge in [0.1, 0.15) is 11.3 Å². The van der Waals surface area contributed by atoms with E-state index in [0.717, 1.165) is 41.8 Å². The van der Waals surface area contributed by atoms with Gasteiger partial charge in [-0.15, -0.1) is 0 Å². The molecule has 0 bridgehead atoms. The van der Waals surface area contributed by atoms with Gasteiger partial charge >= 0.3 is 0 Å². The number of nitrogens with zero attached hydrogens (tertiary/aromatic N) is 1. The standard InChI is InChI=1S/C26H30N2O2/c1-5-21-13-10-14-22(6-2)25(21)28-26(29)24-19(4)27-18(3)17-23(24)30-16-15-20-11-8-7-9-12-20/h7-14,17H,5-6,15-16H2,1-4H3,(H,28,29). The molecule has 0 saturated carbocycles. The van der Waals surface area contributed by atoms with E-state index in [1.165, 1.54) is 5.56 Å². The van der Waals surface area contributed by atoms with E-state index >= 15 is 0 Å². The van der Waals surface area contributed by atoms with Crippen molar-refractivity contribution < 1.29 is 9.53 Å². The predicted octanol–water partition coefficient (Wildman–Crippen LogP) is 5.70. The van der Waals surface area contributed by atoms with E-state index in [0.29, 0.717) is 23.6 Å². The first-order chi connectivity index (χ1) is 14.5. The molecule has 2 aromatic carbocycles. The number of hydrogen-bond donors (Lipinski definition) is 1. The molecule has 1 heterocycles. The summed E-state index contributed by atoms with van der Waals surface area (Å²) in [6, 6.07) is 18.2. The summed E-state index contributed by atoms with van der Waals surface area (Å²) in [5.41, 5.74) is 6.38. The molecule has 1 aromatic heterocycles. The quantitative estimate of drug-likeness (QED) is 0.526. The predicted molar refractivity (Wildman–Crippen MR) is 123 cm³/mol. The Morgan fingerprint density at radius 1 is 0.967 bits per heavy atom. The summed E-state index contributed by atoms with van der Waals surface area (Å²) < 4.78 is 6.07. The van der Waals surface area contributed by atoms with E-state index < -0.39 is 0 Å². The molecule has 0 aliphatic heterocycles. The lowest BCUT2D eigenvalue weighted by Gasteiger charge is -2.18. The normalized spacial score (nSPS) is 10.7. The fourth-order valence-corrected chi connectivity index (χ4v) is 3.69. The summed E-state index contributed by atoms with van der Waals surface area (Å²) in [5.74, 6) is 0.408. The monoisotopic (exact) mass is 402 g/mol. The van der Waals surface area contributed by atoms with E-state index in [9.17, 15) is 4.79 Å². The van der Waals surface area contributed by atoms with Crippen LogP contribution < -0.4 is 10.1 Å². The highest BCUT2D eigenvalue weighted by Crippen LogP contribution is 2.27. The molecule has 0 atom stereocenters. The number of nitrogens with one attached hydrogen (secondary N) is 1. The maximum Gasteiger partial charge on any atom is 0.261 e. The van der Waals surface area contributed by atoms with Crippen LogP contribution in [0, 0.1) is 13.8 Å². The van der Waals surface area contributed by atoms with Gasteiger partial charge < -0.3 is 10.1 Å². The summed E-state index contributed by atoms with van der Waals surface area (Å²) in [5, 5.41) is 3.15. The van der Waals surface area contributed by atoms with Crippen molar-refractivity contribution in [1.29, 1.82) is 0 Å². The average molecular weight is 403 g/mol. The van der Waals surface area contributed by atoms with E-state index in [1.54, 1.807) is 0 Å². The third kappa shape index (κ3) is 5.07. The molecule has 0 unspecified atom stereocenters. The summed E-state index contributed by atoms with van der Waals surface area (Å²) in [4.78, 5) is 17.8. The van der Waals surface area contributed by atoms with Crippen molar-refractivity contribution in [2.45, 2.75) is 47.0 Å². The molecule has 4 heteroatoms. The lowest BCUT2D eigenvalue weighted by atomic mass is 10.0. The first kappa shape index (κ1) is 21.6. The van der Waals surface area contributed by atoms with Crippen molar-refractivity contribution in [3.63, 3.8) is 0 Å². The summed E-state index contributed by atoms with van der Waals surface area (Å²) >= 11 is 0. The van der Waals surface area contributed by atoms with Crippen LogP contribution in [0.1, 0.15) is 52.3 Å². The molecule has 4 nitrogen and oxygen atoms in total. The number of pyridine rings is 1. The van der Waals surface area contributed by atoms with Crippen LogP contribution >= 0.6 is 0 Å². The van der Waals surface area contributed by atoms with Crippen LogP contribution in [0.3, 0.4) is 0 Å². The van der Waals surface area contributed by atoms with Crippen LogP contribution in [-0.4, -0.2) is 17.5 Å². The highest BCUT2D eigenvalue weighted by atomic mass is 16.5. The number of aryl methyl sites for hydroxylation is 4. The molecule has 0 fully saturated rings. The highest BCUT2D eigenvalue weighted by Gasteiger charge is 2.20. The minimum absolute atomic E-state index is 0.176. The molecule has 3 aromatic rings. The molecule has 3 rings (SSSR count). The zero-order valence-electron chi connectivity index (χ0n) is 18.3. The Labute approximate surface area is 179 Å². The van der Waals surface area contributed by atoms with Crippen molar-refractivity contribution in [2.75, 3.05) is 11.9 Å². The lowest BCUT2D eigenvalue weighted by Crippen LogP contribution is -2.19. The molecule has 1 N–H and O–H groups in total. The zero-order chi connectivity index (χ0) is 21.5. The van der Waals surface area contributed by atoms with Gasteiger partial charge in [-0.2, -0.15) is 0 Å². The molecule has 0 aliphatic carbocycles. The molecule has 156 valence electrons. The maximum absolute atomic E-state index is 13.3. The largest absolute Gasteiger partial charge is 0.492 e. The molecule has 0 spiro atoms. The van der Waals surface area contributed by atoms with Crippen LogP contribution in [0.15, 0.2) is 54.6 Å². The van der Waals surface area contributed by atoms with Crippen LogP contribution in [0.5, 0.6) is 5.75 Å². The second-order valence-electron chi connectivity index (χ2n) is 7.42. The average Bonchev–Trinajstić information content (AvgIpc) is 2.74. The number of carbonyl (C=O) groups is 1. The number of hydrogen-bond acceptors (Lipinski definition) is 3. The van der Waals surface area contributed by atoms with Crippen molar-refractivity contribution >= 4 is 11.6 Å². The fourth-order valence-electron chi connectivity index (χ4n) is 3.69. The second kappa shape index (κ2) is 10.1. The summed E-state index contributed by atoms with van der Waals surface area (Å²) in [7, 11) is 0. The van der Waals surface area contributed by atoms with Crippen molar-refractivity contribution in [1.82, 2.24) is 4.98 Å². The molecule has 1 amide bonds. The molecule has 30 heavy (non-hydrogen) atoms. The third-order valence-electron chi connectivity index (χ3n) is 5.25. The number of rotatable bonds is 8. The number of amides is 1. The third-order valence-corrected chi connectivity index (χ3v) is 5.25. The first-order valence-electron chi connectivity index (χ1n) is 10.6. The zero-order valence-corrected chi connectivity index (χ0v) is 18.3. The van der Waals surface area contributed by atoms with Crippen molar-refractivity contribution in [3.05, 3.63) is 88.2 Å². The molecule has 0 saturated heterocycles. The Hall–Kier alpha value is -3.14. The van der Waals surface area contributed by atoms with Gasteiger partial charge in [0.05, 0.1) is 12.3 Å².